The van der Waals surface area contributed by atoms with Gasteiger partial charge in [0.25, 0.3) is 0 Å². The van der Waals surface area contributed by atoms with E-state index >= 15 is 0 Å². The predicted octanol–water partition coefficient (Wildman–Crippen LogP) is 0.983. The smallest absolute Gasteiger partial charge is 0.329 e. The van der Waals surface area contributed by atoms with E-state index in [0.29, 0.717) is 6.20 Å². The second-order valence-electron chi connectivity index (χ2n) is 3.24. The second-order valence-corrected chi connectivity index (χ2v) is 3.24. The van der Waals surface area contributed by atoms with Gasteiger partial charge in [-0.2, -0.15) is 13.8 Å². The summed E-state index contributed by atoms with van der Waals surface area (Å²) in [4.78, 5) is 16.4. The number of halogens is 4. The zero-order valence-corrected chi connectivity index (χ0v) is 9.11. The molecule has 1 heterocycles. The third kappa shape index (κ3) is 3.61. The van der Waals surface area contributed by atoms with Crippen LogP contribution in [-0.4, -0.2) is 33.8 Å². The van der Waals surface area contributed by atoms with Gasteiger partial charge >= 0.3 is 18.0 Å². The summed E-state index contributed by atoms with van der Waals surface area (Å²) in [5, 5.41) is 12.4. The highest BCUT2D eigenvalue weighted by atomic mass is 19.3. The summed E-state index contributed by atoms with van der Waals surface area (Å²) in [5.74, 6) is -0.361. The fourth-order valence-corrected chi connectivity index (χ4v) is 0.987. The van der Waals surface area contributed by atoms with Crippen LogP contribution in [0.4, 0.5) is 35.0 Å². The third-order valence-electron chi connectivity index (χ3n) is 1.91. The zero-order chi connectivity index (χ0) is 14.6. The van der Waals surface area contributed by atoms with Crippen LogP contribution in [0.25, 0.3) is 0 Å². The highest BCUT2D eigenvalue weighted by Crippen LogP contribution is 2.26. The van der Waals surface area contributed by atoms with Crippen LogP contribution in [-0.2, 0) is 0 Å². The lowest BCUT2D eigenvalue weighted by Gasteiger charge is -2.16. The summed E-state index contributed by atoms with van der Waals surface area (Å²) in [6, 6.07) is 0. The van der Waals surface area contributed by atoms with E-state index in [4.69, 9.17) is 5.84 Å². The van der Waals surface area contributed by atoms with E-state index in [1.54, 1.807) is 5.32 Å². The topological polar surface area (TPSA) is 119 Å². The fraction of sp³-hybridized carbons (Fsp3) is 0.429. The molecule has 106 valence electrons. The predicted molar refractivity (Wildman–Crippen MR) is 55.9 cm³/mol. The second kappa shape index (κ2) is 5.60. The van der Waals surface area contributed by atoms with Crippen LogP contribution in [0, 0.1) is 10.1 Å². The number of nitrogens with two attached hydrogens (primary N) is 1. The van der Waals surface area contributed by atoms with Crippen LogP contribution in [0.15, 0.2) is 6.20 Å². The van der Waals surface area contributed by atoms with Gasteiger partial charge < -0.3 is 5.32 Å². The number of nitrogens with one attached hydrogen (secondary N) is 2. The quantitative estimate of drug-likeness (QED) is 0.308. The Labute approximate surface area is 103 Å². The SMILES string of the molecule is NNc1ncc([N+](=O)[O-])c(NCC(F)(F)C(F)F)n1. The normalized spacial score (nSPS) is 11.5. The first-order valence-corrected chi connectivity index (χ1v) is 4.66. The van der Waals surface area contributed by atoms with Crippen LogP contribution in [0.2, 0.25) is 0 Å². The molecule has 12 heteroatoms. The van der Waals surface area contributed by atoms with Gasteiger partial charge in [0, 0.05) is 0 Å². The molecule has 1 aromatic heterocycles. The molecule has 0 atom stereocenters. The molecule has 0 bridgehead atoms. The van der Waals surface area contributed by atoms with Gasteiger partial charge in [0.1, 0.15) is 6.20 Å². The molecule has 0 aliphatic heterocycles. The molecule has 1 aromatic rings. The lowest BCUT2D eigenvalue weighted by Crippen LogP contribution is -2.35. The Morgan fingerprint density at radius 2 is 2.16 bits per heavy atom. The maximum absolute atomic E-state index is 12.7. The lowest BCUT2D eigenvalue weighted by molar-refractivity contribution is -0.384. The Hall–Kier alpha value is -2.24. The van der Waals surface area contributed by atoms with Crippen molar-refractivity contribution in [2.45, 2.75) is 12.3 Å². The first-order valence-electron chi connectivity index (χ1n) is 4.66. The van der Waals surface area contributed by atoms with Crippen molar-refractivity contribution in [3.05, 3.63) is 16.3 Å². The minimum Gasteiger partial charge on any atom is -0.358 e. The molecule has 19 heavy (non-hydrogen) atoms. The van der Waals surface area contributed by atoms with Crippen LogP contribution >= 0.6 is 0 Å². The number of hydrazine groups is 1. The Kier molecular flexibility index (Phi) is 4.37. The van der Waals surface area contributed by atoms with Gasteiger partial charge in [0.2, 0.25) is 11.8 Å². The molecule has 0 saturated carbocycles. The summed E-state index contributed by atoms with van der Waals surface area (Å²) < 4.78 is 49.2. The number of nitrogens with zero attached hydrogens (tertiary/aromatic N) is 3. The van der Waals surface area contributed by atoms with E-state index < -0.39 is 35.3 Å². The number of hydrogen-bond acceptors (Lipinski definition) is 7. The van der Waals surface area contributed by atoms with Crippen molar-refractivity contribution in [2.24, 2.45) is 5.84 Å². The van der Waals surface area contributed by atoms with Gasteiger partial charge in [-0.3, -0.25) is 15.5 Å². The molecular formula is C7H8F4N6O2. The average Bonchev–Trinajstić information content (AvgIpc) is 2.35. The van der Waals surface area contributed by atoms with Crippen molar-refractivity contribution >= 4 is 17.5 Å². The molecule has 0 aromatic carbocycles. The molecule has 4 N–H and O–H groups in total. The summed E-state index contributed by atoms with van der Waals surface area (Å²) in [5.41, 5.74) is 1.19. The monoisotopic (exact) mass is 284 g/mol. The molecule has 0 aliphatic carbocycles. The van der Waals surface area contributed by atoms with Crippen molar-refractivity contribution in [3.63, 3.8) is 0 Å². The Bertz CT molecular complexity index is 471. The number of hydrogen-bond donors (Lipinski definition) is 3. The van der Waals surface area contributed by atoms with E-state index in [9.17, 15) is 27.7 Å². The summed E-state index contributed by atoms with van der Waals surface area (Å²) in [6.45, 7) is -1.52. The standard InChI is InChI=1S/C7H8F4N6O2/c8-5(9)7(10,11)2-14-4-3(17(18)19)1-13-6(15-4)16-12/h1,5H,2,12H2,(H2,13,14,15,16). The number of rotatable bonds is 6. The first-order chi connectivity index (χ1) is 8.77. The Balaban J connectivity index is 2.95. The number of alkyl halides is 4. The highest BCUT2D eigenvalue weighted by molar-refractivity contribution is 5.56. The van der Waals surface area contributed by atoms with Crippen LogP contribution < -0.4 is 16.6 Å². The maximum Gasteiger partial charge on any atom is 0.329 e. The summed E-state index contributed by atoms with van der Waals surface area (Å²) >= 11 is 0. The summed E-state index contributed by atoms with van der Waals surface area (Å²) in [6.07, 6.45) is -3.21. The Morgan fingerprint density at radius 1 is 1.53 bits per heavy atom. The van der Waals surface area contributed by atoms with Gasteiger partial charge in [0.15, 0.2) is 0 Å². The van der Waals surface area contributed by atoms with E-state index in [0.717, 1.165) is 0 Å². The molecule has 0 radical (unpaired) electrons. The van der Waals surface area contributed by atoms with Gasteiger partial charge in [-0.15, -0.1) is 0 Å². The molecule has 0 saturated heterocycles. The first kappa shape index (κ1) is 14.8. The highest BCUT2D eigenvalue weighted by Gasteiger charge is 2.41. The average molecular weight is 284 g/mol. The van der Waals surface area contributed by atoms with Crippen molar-refractivity contribution in [3.8, 4) is 0 Å². The third-order valence-corrected chi connectivity index (χ3v) is 1.91. The number of nitro groups is 1. The van der Waals surface area contributed by atoms with Crippen LogP contribution in [0.1, 0.15) is 0 Å². The Morgan fingerprint density at radius 3 is 2.63 bits per heavy atom. The molecule has 0 spiro atoms. The largest absolute Gasteiger partial charge is 0.358 e. The van der Waals surface area contributed by atoms with Gasteiger partial charge in [0.05, 0.1) is 11.5 Å². The minimum absolute atomic E-state index is 0.298. The maximum atomic E-state index is 12.7. The van der Waals surface area contributed by atoms with Crippen molar-refractivity contribution in [1.82, 2.24) is 9.97 Å². The van der Waals surface area contributed by atoms with Crippen LogP contribution in [0.5, 0.6) is 0 Å². The van der Waals surface area contributed by atoms with E-state index in [2.05, 4.69) is 9.97 Å². The van der Waals surface area contributed by atoms with Crippen LogP contribution in [0.3, 0.4) is 0 Å². The molecular weight excluding hydrogens is 276 g/mol. The molecule has 0 unspecified atom stereocenters. The van der Waals surface area contributed by atoms with Gasteiger partial charge in [-0.05, 0) is 0 Å². The number of aromatic nitrogens is 2. The molecule has 0 aliphatic rings. The van der Waals surface area contributed by atoms with Crippen molar-refractivity contribution in [2.75, 3.05) is 17.3 Å². The zero-order valence-electron chi connectivity index (χ0n) is 9.11. The molecule has 0 fully saturated rings. The fourth-order valence-electron chi connectivity index (χ4n) is 0.987. The number of anilines is 2. The van der Waals surface area contributed by atoms with E-state index in [1.807, 2.05) is 5.43 Å². The molecule has 1 rings (SSSR count). The van der Waals surface area contributed by atoms with Gasteiger partial charge in [-0.25, -0.2) is 19.6 Å². The lowest BCUT2D eigenvalue weighted by atomic mass is 10.3. The van der Waals surface area contributed by atoms with Crippen molar-refractivity contribution < 1.29 is 22.5 Å². The molecule has 8 nitrogen and oxygen atoms in total. The molecule has 0 amide bonds. The van der Waals surface area contributed by atoms with E-state index in [-0.39, 0.29) is 5.95 Å². The van der Waals surface area contributed by atoms with Gasteiger partial charge in [-0.1, -0.05) is 0 Å². The summed E-state index contributed by atoms with van der Waals surface area (Å²) in [7, 11) is 0. The minimum atomic E-state index is -4.35. The van der Waals surface area contributed by atoms with Crippen molar-refractivity contribution in [1.29, 1.82) is 0 Å². The number of nitrogen functional groups attached to an aromatic ring is 1. The van der Waals surface area contributed by atoms with E-state index in [1.165, 1.54) is 0 Å².